The Morgan fingerprint density at radius 1 is 0.929 bits per heavy atom. The zero-order valence-electron chi connectivity index (χ0n) is 14.1. The number of nitrogens with two attached hydrogens (primary N) is 1. The molecule has 0 amide bonds. The second kappa shape index (κ2) is 7.08. The van der Waals surface area contributed by atoms with Crippen LogP contribution < -0.4 is 5.73 Å². The third-order valence-corrected chi connectivity index (χ3v) is 4.14. The lowest BCUT2D eigenvalue weighted by atomic mass is 10.0. The highest BCUT2D eigenvalue weighted by molar-refractivity contribution is 5.80. The highest BCUT2D eigenvalue weighted by atomic mass is 19.4. The third kappa shape index (κ3) is 4.44. The molecule has 1 atom stereocenters. The maximum Gasteiger partial charge on any atom is 0.418 e. The number of nitrogens with one attached hydrogen (secondary N) is 1. The molecule has 150 valence electrons. The van der Waals surface area contributed by atoms with Crippen LogP contribution in [-0.4, -0.2) is 16.0 Å². The highest BCUT2D eigenvalue weighted by Crippen LogP contribution is 2.39. The Bertz CT molecular complexity index is 972. The van der Waals surface area contributed by atoms with Crippen LogP contribution in [0.3, 0.4) is 0 Å². The maximum atomic E-state index is 13.2. The quantitative estimate of drug-likeness (QED) is 0.610. The average molecular weight is 405 g/mol. The van der Waals surface area contributed by atoms with Crippen molar-refractivity contribution in [1.29, 1.82) is 0 Å². The lowest BCUT2D eigenvalue weighted by Gasteiger charge is -2.11. The Labute approximate surface area is 154 Å². The summed E-state index contributed by atoms with van der Waals surface area (Å²) >= 11 is 0. The highest BCUT2D eigenvalue weighted by Gasteiger charge is 2.39. The molecule has 0 fully saturated rings. The molecule has 0 aliphatic heterocycles. The number of nitrogens with zero attached hydrogens (tertiary/aromatic N) is 1. The fourth-order valence-electron chi connectivity index (χ4n) is 2.89. The van der Waals surface area contributed by atoms with Gasteiger partial charge < -0.3 is 10.7 Å². The average Bonchev–Trinajstić information content (AvgIpc) is 2.96. The topological polar surface area (TPSA) is 54.7 Å². The zero-order chi connectivity index (χ0) is 20.7. The number of imidazole rings is 1. The zero-order valence-corrected chi connectivity index (χ0v) is 14.1. The smallest absolute Gasteiger partial charge is 0.342 e. The van der Waals surface area contributed by atoms with Crippen molar-refractivity contribution in [2.45, 2.75) is 31.2 Å². The summed E-state index contributed by atoms with van der Waals surface area (Å²) in [5, 5.41) is 0. The van der Waals surface area contributed by atoms with Crippen LogP contribution in [0.2, 0.25) is 0 Å². The van der Waals surface area contributed by atoms with Crippen LogP contribution in [0.4, 0.5) is 30.7 Å². The summed E-state index contributed by atoms with van der Waals surface area (Å²) in [5.41, 5.74) is 2.83. The molecule has 0 radical (unpaired) electrons. The molecular weight excluding hydrogens is 391 g/mol. The predicted molar refractivity (Wildman–Crippen MR) is 87.9 cm³/mol. The first-order chi connectivity index (χ1) is 12.9. The monoisotopic (exact) mass is 405 g/mol. The molecule has 3 aromatic rings. The van der Waals surface area contributed by atoms with Crippen molar-refractivity contribution in [2.24, 2.45) is 5.73 Å². The molecule has 0 unspecified atom stereocenters. The Morgan fingerprint density at radius 3 is 2.14 bits per heavy atom. The number of halogens is 7. The molecule has 0 saturated carbocycles. The van der Waals surface area contributed by atoms with Crippen LogP contribution in [-0.2, 0) is 25.2 Å². The minimum absolute atomic E-state index is 0.00467. The Hall–Kier alpha value is -2.62. The van der Waals surface area contributed by atoms with Gasteiger partial charge in [-0.2, -0.15) is 26.3 Å². The van der Waals surface area contributed by atoms with Crippen LogP contribution in [0, 0.1) is 5.82 Å². The number of hydrogen-bond donors (Lipinski definition) is 2. The van der Waals surface area contributed by atoms with Crippen molar-refractivity contribution in [3.8, 4) is 0 Å². The van der Waals surface area contributed by atoms with E-state index in [-0.39, 0.29) is 30.2 Å². The lowest BCUT2D eigenvalue weighted by Crippen LogP contribution is -2.26. The Balaban J connectivity index is 1.91. The van der Waals surface area contributed by atoms with Crippen LogP contribution in [0.25, 0.3) is 11.0 Å². The van der Waals surface area contributed by atoms with Crippen molar-refractivity contribution in [3.63, 3.8) is 0 Å². The second-order valence-electron chi connectivity index (χ2n) is 6.39. The molecular formula is C18H14F7N3. The molecule has 2 aromatic carbocycles. The third-order valence-electron chi connectivity index (χ3n) is 4.14. The summed E-state index contributed by atoms with van der Waals surface area (Å²) in [7, 11) is 0. The van der Waals surface area contributed by atoms with Gasteiger partial charge in [0.25, 0.3) is 0 Å². The van der Waals surface area contributed by atoms with Gasteiger partial charge in [-0.3, -0.25) is 0 Å². The molecule has 10 heteroatoms. The SMILES string of the molecule is N[C@H](Cc1ccc(F)cc1)Cc1nc2c(C(F)(F)F)cc(C(F)(F)F)cc2[nH]1. The van der Waals surface area contributed by atoms with E-state index in [2.05, 4.69) is 9.97 Å². The molecule has 1 aromatic heterocycles. The van der Waals surface area contributed by atoms with E-state index in [1.54, 1.807) is 0 Å². The molecule has 1 heterocycles. The molecule has 0 aliphatic carbocycles. The van der Waals surface area contributed by atoms with E-state index in [9.17, 15) is 30.7 Å². The van der Waals surface area contributed by atoms with Crippen molar-refractivity contribution in [3.05, 3.63) is 64.7 Å². The van der Waals surface area contributed by atoms with Crippen molar-refractivity contribution in [2.75, 3.05) is 0 Å². The number of aromatic nitrogens is 2. The van der Waals surface area contributed by atoms with Gasteiger partial charge in [-0.05, 0) is 36.2 Å². The Morgan fingerprint density at radius 2 is 1.57 bits per heavy atom. The van der Waals surface area contributed by atoms with E-state index < -0.39 is 40.9 Å². The number of aromatic amines is 1. The summed E-state index contributed by atoms with van der Waals surface area (Å²) < 4.78 is 91.3. The fourth-order valence-corrected chi connectivity index (χ4v) is 2.89. The van der Waals surface area contributed by atoms with Gasteiger partial charge in [-0.1, -0.05) is 12.1 Å². The normalized spacial score (nSPS) is 13.9. The van der Waals surface area contributed by atoms with Gasteiger partial charge in [0.05, 0.1) is 16.6 Å². The van der Waals surface area contributed by atoms with E-state index in [0.29, 0.717) is 11.6 Å². The first-order valence-corrected chi connectivity index (χ1v) is 8.10. The number of rotatable bonds is 4. The van der Waals surface area contributed by atoms with E-state index in [1.807, 2.05) is 0 Å². The standard InChI is InChI=1S/C18H14F7N3/c19-11-3-1-9(2-4-11)5-12(26)8-15-27-14-7-10(17(20,21)22)6-13(16(14)28-15)18(23,24)25/h1-4,6-7,12H,5,8,26H2,(H,27,28)/t12-/m1/s1. The van der Waals surface area contributed by atoms with Crippen molar-refractivity contribution < 1.29 is 30.7 Å². The van der Waals surface area contributed by atoms with Gasteiger partial charge in [-0.15, -0.1) is 0 Å². The first kappa shape index (κ1) is 20.1. The summed E-state index contributed by atoms with van der Waals surface area (Å²) in [6.07, 6.45) is -9.64. The first-order valence-electron chi connectivity index (χ1n) is 8.10. The van der Waals surface area contributed by atoms with Gasteiger partial charge in [-0.25, -0.2) is 9.37 Å². The van der Waals surface area contributed by atoms with Crippen LogP contribution >= 0.6 is 0 Å². The molecule has 0 bridgehead atoms. The van der Waals surface area contributed by atoms with E-state index in [1.165, 1.54) is 24.3 Å². The lowest BCUT2D eigenvalue weighted by molar-refractivity contribution is -0.142. The van der Waals surface area contributed by atoms with Gasteiger partial charge >= 0.3 is 12.4 Å². The van der Waals surface area contributed by atoms with E-state index in [4.69, 9.17) is 5.73 Å². The van der Waals surface area contributed by atoms with Gasteiger partial charge in [0.15, 0.2) is 0 Å². The van der Waals surface area contributed by atoms with Gasteiger partial charge in [0.2, 0.25) is 0 Å². The molecule has 3 rings (SSSR count). The predicted octanol–water partition coefficient (Wildman–Crippen LogP) is 4.85. The summed E-state index contributed by atoms with van der Waals surface area (Å²) in [4.78, 5) is 6.31. The molecule has 0 spiro atoms. The van der Waals surface area contributed by atoms with Crippen molar-refractivity contribution >= 4 is 11.0 Å². The molecule has 3 N–H and O–H groups in total. The second-order valence-corrected chi connectivity index (χ2v) is 6.39. The molecule has 3 nitrogen and oxygen atoms in total. The molecule has 28 heavy (non-hydrogen) atoms. The fraction of sp³-hybridized carbons (Fsp3) is 0.278. The minimum atomic E-state index is -5.00. The minimum Gasteiger partial charge on any atom is -0.342 e. The summed E-state index contributed by atoms with van der Waals surface area (Å²) in [6.45, 7) is 0. The number of alkyl halides is 6. The maximum absolute atomic E-state index is 13.2. The summed E-state index contributed by atoms with van der Waals surface area (Å²) in [5.74, 6) is -0.385. The van der Waals surface area contributed by atoms with Crippen LogP contribution in [0.15, 0.2) is 36.4 Å². The van der Waals surface area contributed by atoms with Gasteiger partial charge in [0.1, 0.15) is 17.2 Å². The van der Waals surface area contributed by atoms with E-state index in [0.717, 1.165) is 0 Å². The number of hydrogen-bond acceptors (Lipinski definition) is 2. The number of benzene rings is 2. The van der Waals surface area contributed by atoms with E-state index >= 15 is 0 Å². The number of H-pyrrole nitrogens is 1. The van der Waals surface area contributed by atoms with Crippen LogP contribution in [0.5, 0.6) is 0 Å². The molecule has 0 saturated heterocycles. The van der Waals surface area contributed by atoms with Crippen molar-refractivity contribution in [1.82, 2.24) is 9.97 Å². The van der Waals surface area contributed by atoms with Crippen LogP contribution in [0.1, 0.15) is 22.5 Å². The Kier molecular flexibility index (Phi) is 5.09. The summed E-state index contributed by atoms with van der Waals surface area (Å²) in [6, 6.07) is 5.59. The largest absolute Gasteiger partial charge is 0.418 e. The van der Waals surface area contributed by atoms with Gasteiger partial charge in [0, 0.05) is 12.5 Å². The molecule has 0 aliphatic rings. The number of fused-ring (bicyclic) bond motifs is 1.